The van der Waals surface area contributed by atoms with Gasteiger partial charge in [0.1, 0.15) is 0 Å². The van der Waals surface area contributed by atoms with Crippen LogP contribution in [-0.2, 0) is 0 Å². The second kappa shape index (κ2) is 1.98. The summed E-state index contributed by atoms with van der Waals surface area (Å²) in [6.07, 6.45) is 10.5. The molecule has 16 saturated carbocycles. The lowest BCUT2D eigenvalue weighted by Crippen LogP contribution is -3.36. The van der Waals surface area contributed by atoms with E-state index in [9.17, 15) is 0 Å². The smallest absolute Gasteiger partial charge is 0.00536 e. The first-order valence-corrected chi connectivity index (χ1v) is 13.9. The Morgan fingerprint density at radius 3 is 1.75 bits per heavy atom. The molecule has 16 aliphatic carbocycles. The van der Waals surface area contributed by atoms with Crippen molar-refractivity contribution in [1.82, 2.24) is 0 Å². The van der Waals surface area contributed by atoms with Crippen molar-refractivity contribution < 1.29 is 0 Å². The van der Waals surface area contributed by atoms with Crippen molar-refractivity contribution in [2.75, 3.05) is 0 Å². The number of fused-ring (bicyclic) bond motifs is 6. The molecule has 16 rings (SSSR count). The zero-order valence-corrected chi connectivity index (χ0v) is 16.3. The van der Waals surface area contributed by atoms with Crippen LogP contribution in [0.2, 0.25) is 0 Å². The van der Waals surface area contributed by atoms with Gasteiger partial charge in [0.25, 0.3) is 0 Å². The Hall–Kier alpha value is 0. The highest BCUT2D eigenvalue weighted by Gasteiger charge is 3.40. The van der Waals surface area contributed by atoms with Crippen LogP contribution in [0.15, 0.2) is 0 Å². The van der Waals surface area contributed by atoms with Crippen molar-refractivity contribution >= 4 is 0 Å². The van der Waals surface area contributed by atoms with Gasteiger partial charge in [-0.05, 0) is 165 Å². The van der Waals surface area contributed by atoms with Gasteiger partial charge in [-0.1, -0.05) is 0 Å². The first-order valence-electron chi connectivity index (χ1n) is 13.9. The number of rotatable bonds is 0. The van der Waals surface area contributed by atoms with Crippen molar-refractivity contribution in [3.8, 4) is 0 Å². The van der Waals surface area contributed by atoms with E-state index in [0.717, 1.165) is 43.3 Å². The maximum absolute atomic E-state index is 1.77. The molecule has 0 saturated heterocycles. The Labute approximate surface area is 164 Å². The van der Waals surface area contributed by atoms with E-state index in [1.165, 1.54) is 82.9 Å². The van der Waals surface area contributed by atoms with E-state index < -0.39 is 0 Å². The predicted octanol–water partition coefficient (Wildman–Crippen LogP) is 4.06. The minimum atomic E-state index is 1.06. The standard InChI is InChI=1S/C28H26/c1-2-8-9-4-11-13-6-14-18-19-15-5-12-10-3-7(1)16-20-17(8)25-21(9,11)22(13,14)26(18,25)27(19)23(12,15)24(10,16)28(20,25)27/h7-20H,1-6H2. The summed E-state index contributed by atoms with van der Waals surface area (Å²) in [5.41, 5.74) is 8.63. The summed E-state index contributed by atoms with van der Waals surface area (Å²) in [6.45, 7) is 0. The van der Waals surface area contributed by atoms with Gasteiger partial charge >= 0.3 is 0 Å². The molecular weight excluding hydrogens is 336 g/mol. The van der Waals surface area contributed by atoms with Crippen LogP contribution >= 0.6 is 0 Å². The van der Waals surface area contributed by atoms with Crippen LogP contribution in [0.5, 0.6) is 0 Å². The van der Waals surface area contributed by atoms with Crippen molar-refractivity contribution in [1.29, 1.82) is 0 Å². The van der Waals surface area contributed by atoms with Crippen LogP contribution in [0.3, 0.4) is 0 Å². The first-order chi connectivity index (χ1) is 13.9. The van der Waals surface area contributed by atoms with Crippen LogP contribution in [0.4, 0.5) is 0 Å². The molecular formula is C28H26. The molecule has 0 N–H and O–H groups in total. The van der Waals surface area contributed by atoms with Gasteiger partial charge < -0.3 is 0 Å². The van der Waals surface area contributed by atoms with E-state index in [1.54, 1.807) is 38.5 Å². The Morgan fingerprint density at radius 1 is 0.393 bits per heavy atom. The van der Waals surface area contributed by atoms with Gasteiger partial charge in [0.2, 0.25) is 0 Å². The predicted molar refractivity (Wildman–Crippen MR) is 96.0 cm³/mol. The van der Waals surface area contributed by atoms with Crippen molar-refractivity contribution in [2.45, 2.75) is 38.5 Å². The lowest BCUT2D eigenvalue weighted by molar-refractivity contribution is -0.931. The second-order valence-corrected chi connectivity index (χ2v) is 16.5. The molecule has 0 bridgehead atoms. The molecule has 0 aromatic heterocycles. The maximum atomic E-state index is 1.77. The van der Waals surface area contributed by atoms with Crippen LogP contribution in [0.1, 0.15) is 38.5 Å². The summed E-state index contributed by atoms with van der Waals surface area (Å²) in [6, 6.07) is 0. The molecule has 0 radical (unpaired) electrons. The van der Waals surface area contributed by atoms with E-state index in [0.29, 0.717) is 0 Å². The number of hydrogen-bond donors (Lipinski definition) is 0. The average Bonchev–Trinajstić information content (AvgIpc) is 2.91. The Balaban J connectivity index is 1.20. The zero-order chi connectivity index (χ0) is 16.3. The van der Waals surface area contributed by atoms with Crippen LogP contribution in [0.25, 0.3) is 0 Å². The highest BCUT2D eigenvalue weighted by molar-refractivity contribution is 5.85. The SMILES string of the molecule is C1CC2C3CC4C5CC6C7C8C9CC%10C%11CC1C1C%12C2C2%13C34C56C72C82C%109C%111C%12%132. The van der Waals surface area contributed by atoms with E-state index in [-0.39, 0.29) is 0 Å². The maximum Gasteiger partial charge on any atom is -0.00536 e. The third-order valence-corrected chi connectivity index (χ3v) is 20.5. The van der Waals surface area contributed by atoms with Gasteiger partial charge in [-0.2, -0.15) is 0 Å². The van der Waals surface area contributed by atoms with Crippen molar-refractivity contribution in [3.05, 3.63) is 0 Å². The molecule has 16 aliphatic rings. The second-order valence-electron chi connectivity index (χ2n) is 16.5. The lowest BCUT2D eigenvalue weighted by Gasteiger charge is -3.38. The molecule has 0 nitrogen and oxygen atoms in total. The quantitative estimate of drug-likeness (QED) is 0.610. The Kier molecular flexibility index (Phi) is 0.781. The normalized spacial score (nSPS) is 114. The minimum absolute atomic E-state index is 1.06. The van der Waals surface area contributed by atoms with Gasteiger partial charge in [-0.15, -0.1) is 0 Å². The number of hydrogen-bond acceptors (Lipinski definition) is 0. The molecule has 0 amide bonds. The molecule has 8 spiro atoms. The molecule has 22 unspecified atom stereocenters. The molecule has 138 valence electrons. The fraction of sp³-hybridized carbons (Fsp3) is 1.00. The summed E-state index contributed by atoms with van der Waals surface area (Å²) in [7, 11) is 0. The first kappa shape index (κ1) is 11.0. The van der Waals surface area contributed by atoms with E-state index in [4.69, 9.17) is 0 Å². The Morgan fingerprint density at radius 2 is 0.964 bits per heavy atom. The highest BCUT2D eigenvalue weighted by atomic mass is 15.4. The molecule has 0 heteroatoms. The summed E-state index contributed by atoms with van der Waals surface area (Å²) < 4.78 is 0. The van der Waals surface area contributed by atoms with Crippen molar-refractivity contribution in [2.24, 2.45) is 126 Å². The summed E-state index contributed by atoms with van der Waals surface area (Å²) in [5.74, 6) is 18.5. The summed E-state index contributed by atoms with van der Waals surface area (Å²) >= 11 is 0. The molecule has 0 heterocycles. The molecule has 16 fully saturated rings. The fourth-order valence-electron chi connectivity index (χ4n) is 24.3. The van der Waals surface area contributed by atoms with Gasteiger partial charge in [0.05, 0.1) is 0 Å². The monoisotopic (exact) mass is 362 g/mol. The molecule has 28 heavy (non-hydrogen) atoms. The van der Waals surface area contributed by atoms with Gasteiger partial charge in [-0.3, -0.25) is 0 Å². The van der Waals surface area contributed by atoms with Gasteiger partial charge in [0, 0.05) is 0 Å². The van der Waals surface area contributed by atoms with Crippen molar-refractivity contribution in [3.63, 3.8) is 0 Å². The third-order valence-electron chi connectivity index (χ3n) is 20.5. The van der Waals surface area contributed by atoms with Crippen LogP contribution in [-0.4, -0.2) is 0 Å². The summed E-state index contributed by atoms with van der Waals surface area (Å²) in [5, 5.41) is 0. The fourth-order valence-corrected chi connectivity index (χ4v) is 24.3. The molecule has 0 aromatic rings. The van der Waals surface area contributed by atoms with Crippen LogP contribution in [0, 0.1) is 126 Å². The third kappa shape index (κ3) is 0.327. The molecule has 22 atom stereocenters. The average molecular weight is 363 g/mol. The minimum Gasteiger partial charge on any atom is -0.0499 e. The Bertz CT molecular complexity index is 1260. The highest BCUT2D eigenvalue weighted by Crippen LogP contribution is 3.42. The molecule has 0 aliphatic heterocycles. The topological polar surface area (TPSA) is 0 Å². The largest absolute Gasteiger partial charge is 0.0499 e. The summed E-state index contributed by atoms with van der Waals surface area (Å²) in [4.78, 5) is 0. The lowest BCUT2D eigenvalue weighted by atomic mass is 8.65. The van der Waals surface area contributed by atoms with E-state index in [1.807, 2.05) is 0 Å². The van der Waals surface area contributed by atoms with E-state index in [2.05, 4.69) is 0 Å². The zero-order valence-electron chi connectivity index (χ0n) is 16.3. The molecule has 0 aromatic carbocycles. The van der Waals surface area contributed by atoms with Gasteiger partial charge in [0.15, 0.2) is 0 Å². The van der Waals surface area contributed by atoms with Crippen LogP contribution < -0.4 is 0 Å². The van der Waals surface area contributed by atoms with Gasteiger partial charge in [-0.25, -0.2) is 0 Å². The van der Waals surface area contributed by atoms with E-state index >= 15 is 0 Å².